The highest BCUT2D eigenvalue weighted by atomic mass is 16.2. The third kappa shape index (κ3) is 1.67. The van der Waals surface area contributed by atoms with Crippen LogP contribution in [-0.4, -0.2) is 11.8 Å². The quantitative estimate of drug-likeness (QED) is 0.443. The number of piperidine rings is 1. The summed E-state index contributed by atoms with van der Waals surface area (Å²) in [4.78, 5) is 21.7. The van der Waals surface area contributed by atoms with E-state index in [1.807, 2.05) is 0 Å². The van der Waals surface area contributed by atoms with Gasteiger partial charge in [0.2, 0.25) is 11.8 Å². The lowest BCUT2D eigenvalue weighted by atomic mass is 9.92. The number of carbonyl (C=O) groups excluding carboxylic acids is 2. The van der Waals surface area contributed by atoms with Crippen LogP contribution < -0.4 is 5.32 Å². The fraction of sp³-hybridized carbons (Fsp3) is 0.500. The molecule has 1 unspecified atom stereocenters. The van der Waals surface area contributed by atoms with Gasteiger partial charge >= 0.3 is 0 Å². The topological polar surface area (TPSA) is 46.2 Å². The van der Waals surface area contributed by atoms with Crippen LogP contribution in [0.2, 0.25) is 0 Å². The lowest BCUT2D eigenvalue weighted by Gasteiger charge is -2.20. The zero-order valence-electron chi connectivity index (χ0n) is 6.52. The average Bonchev–Trinajstić information content (AvgIpc) is 1.85. The zero-order chi connectivity index (χ0) is 8.43. The van der Waals surface area contributed by atoms with E-state index in [2.05, 4.69) is 11.9 Å². The molecule has 60 valence electrons. The summed E-state index contributed by atoms with van der Waals surface area (Å²) in [5.74, 6) is -0.533. The van der Waals surface area contributed by atoms with Crippen molar-refractivity contribution in [2.75, 3.05) is 0 Å². The van der Waals surface area contributed by atoms with Gasteiger partial charge in [-0.05, 0) is 13.3 Å². The normalized spacial score (nSPS) is 24.6. The summed E-state index contributed by atoms with van der Waals surface area (Å²) in [6.07, 6.45) is 1.04. The fourth-order valence-electron chi connectivity index (χ4n) is 1.16. The summed E-state index contributed by atoms with van der Waals surface area (Å²) in [6, 6.07) is 0. The van der Waals surface area contributed by atoms with Crippen LogP contribution in [0.5, 0.6) is 0 Å². The largest absolute Gasteiger partial charge is 0.296 e. The van der Waals surface area contributed by atoms with Crippen LogP contribution in [-0.2, 0) is 9.59 Å². The first kappa shape index (κ1) is 7.98. The molecular weight excluding hydrogens is 142 g/mol. The van der Waals surface area contributed by atoms with Crippen LogP contribution in [0.3, 0.4) is 0 Å². The predicted octanol–water partition coefficient (Wildman–Crippen LogP) is 0.615. The van der Waals surface area contributed by atoms with Gasteiger partial charge in [-0.3, -0.25) is 14.9 Å². The summed E-state index contributed by atoms with van der Waals surface area (Å²) in [5.41, 5.74) is 0.829. The maximum Gasteiger partial charge on any atom is 0.233 e. The molecule has 0 aliphatic carbocycles. The molecule has 0 aromatic heterocycles. The molecule has 1 heterocycles. The van der Waals surface area contributed by atoms with Crippen molar-refractivity contribution >= 4 is 11.8 Å². The zero-order valence-corrected chi connectivity index (χ0v) is 6.52. The minimum Gasteiger partial charge on any atom is -0.296 e. The molecule has 1 aliphatic rings. The Bertz CT molecular complexity index is 220. The first-order chi connectivity index (χ1) is 5.11. The molecule has 0 radical (unpaired) electrons. The first-order valence-electron chi connectivity index (χ1n) is 3.60. The van der Waals surface area contributed by atoms with Gasteiger partial charge in [0.25, 0.3) is 0 Å². The predicted molar refractivity (Wildman–Crippen MR) is 40.7 cm³/mol. The van der Waals surface area contributed by atoms with Crippen LogP contribution in [0.15, 0.2) is 12.2 Å². The summed E-state index contributed by atoms with van der Waals surface area (Å²) >= 11 is 0. The Morgan fingerprint density at radius 3 is 2.73 bits per heavy atom. The lowest BCUT2D eigenvalue weighted by molar-refractivity contribution is -0.135. The molecule has 1 atom stereocenters. The molecule has 1 rings (SSSR count). The van der Waals surface area contributed by atoms with Gasteiger partial charge in [-0.25, -0.2) is 0 Å². The molecule has 11 heavy (non-hydrogen) atoms. The van der Waals surface area contributed by atoms with Gasteiger partial charge in [0.1, 0.15) is 0 Å². The van der Waals surface area contributed by atoms with Crippen LogP contribution >= 0.6 is 0 Å². The van der Waals surface area contributed by atoms with Crippen molar-refractivity contribution in [1.29, 1.82) is 0 Å². The highest BCUT2D eigenvalue weighted by molar-refractivity contribution is 5.99. The second kappa shape index (κ2) is 2.86. The molecule has 0 bridgehead atoms. The van der Waals surface area contributed by atoms with Crippen molar-refractivity contribution in [3.05, 3.63) is 12.2 Å². The summed E-state index contributed by atoms with van der Waals surface area (Å²) < 4.78 is 0. The number of amides is 2. The minimum atomic E-state index is -0.200. The molecule has 3 nitrogen and oxygen atoms in total. The van der Waals surface area contributed by atoms with E-state index in [1.54, 1.807) is 6.92 Å². The van der Waals surface area contributed by atoms with E-state index in [4.69, 9.17) is 0 Å². The highest BCUT2D eigenvalue weighted by Gasteiger charge is 2.26. The smallest absolute Gasteiger partial charge is 0.233 e. The number of hydrogen-bond donors (Lipinski definition) is 1. The van der Waals surface area contributed by atoms with Crippen molar-refractivity contribution in [2.24, 2.45) is 5.92 Å². The van der Waals surface area contributed by atoms with Crippen LogP contribution in [0.25, 0.3) is 0 Å². The Balaban J connectivity index is 2.65. The molecule has 0 saturated carbocycles. The molecule has 0 spiro atoms. The van der Waals surface area contributed by atoms with Gasteiger partial charge < -0.3 is 0 Å². The van der Waals surface area contributed by atoms with Crippen molar-refractivity contribution in [1.82, 2.24) is 5.32 Å². The van der Waals surface area contributed by atoms with Crippen molar-refractivity contribution in [3.63, 3.8) is 0 Å². The molecule has 1 saturated heterocycles. The Morgan fingerprint density at radius 1 is 1.64 bits per heavy atom. The molecule has 0 aromatic carbocycles. The number of hydrogen-bond acceptors (Lipinski definition) is 2. The number of rotatable bonds is 1. The molecule has 0 aromatic rings. The van der Waals surface area contributed by atoms with Crippen LogP contribution in [0, 0.1) is 5.92 Å². The van der Waals surface area contributed by atoms with E-state index < -0.39 is 0 Å². The lowest BCUT2D eigenvalue weighted by Crippen LogP contribution is -2.40. The van der Waals surface area contributed by atoms with Crippen molar-refractivity contribution < 1.29 is 9.59 Å². The molecule has 2 amide bonds. The van der Waals surface area contributed by atoms with Gasteiger partial charge in [-0.2, -0.15) is 0 Å². The van der Waals surface area contributed by atoms with E-state index in [1.165, 1.54) is 0 Å². The number of nitrogens with one attached hydrogen (secondary N) is 1. The number of carbonyl (C=O) groups is 2. The molecule has 1 fully saturated rings. The molecule has 1 N–H and O–H groups in total. The Kier molecular flexibility index (Phi) is 2.08. The third-order valence-electron chi connectivity index (χ3n) is 1.83. The first-order valence-corrected chi connectivity index (χ1v) is 3.60. The SMILES string of the molecule is C=C(C)C1CCC(=O)NC1=O. The highest BCUT2D eigenvalue weighted by Crippen LogP contribution is 2.18. The Hall–Kier alpha value is -1.12. The van der Waals surface area contributed by atoms with Gasteiger partial charge in [0, 0.05) is 6.42 Å². The fourth-order valence-corrected chi connectivity index (χ4v) is 1.16. The second-order valence-electron chi connectivity index (χ2n) is 2.85. The van der Waals surface area contributed by atoms with Crippen molar-refractivity contribution in [3.8, 4) is 0 Å². The van der Waals surface area contributed by atoms with Crippen molar-refractivity contribution in [2.45, 2.75) is 19.8 Å². The van der Waals surface area contributed by atoms with E-state index in [0.717, 1.165) is 5.57 Å². The van der Waals surface area contributed by atoms with Crippen LogP contribution in [0.4, 0.5) is 0 Å². The standard InChI is InChI=1S/C8H11NO2/c1-5(2)6-3-4-7(10)9-8(6)11/h6H,1,3-4H2,2H3,(H,9,10,11). The molecule has 3 heteroatoms. The maximum atomic E-state index is 11.1. The number of imide groups is 1. The van der Waals surface area contributed by atoms with E-state index in [0.29, 0.717) is 12.8 Å². The third-order valence-corrected chi connectivity index (χ3v) is 1.83. The van der Waals surface area contributed by atoms with Gasteiger partial charge in [0.05, 0.1) is 5.92 Å². The Morgan fingerprint density at radius 2 is 2.27 bits per heavy atom. The van der Waals surface area contributed by atoms with Gasteiger partial charge in [0.15, 0.2) is 0 Å². The van der Waals surface area contributed by atoms with Gasteiger partial charge in [-0.15, -0.1) is 0 Å². The molecule has 1 aliphatic heterocycles. The molecular formula is C8H11NO2. The average molecular weight is 153 g/mol. The summed E-state index contributed by atoms with van der Waals surface area (Å²) in [7, 11) is 0. The van der Waals surface area contributed by atoms with E-state index >= 15 is 0 Å². The second-order valence-corrected chi connectivity index (χ2v) is 2.85. The minimum absolute atomic E-state index is 0.160. The monoisotopic (exact) mass is 153 g/mol. The summed E-state index contributed by atoms with van der Waals surface area (Å²) in [5, 5.41) is 2.27. The maximum absolute atomic E-state index is 11.1. The van der Waals surface area contributed by atoms with Gasteiger partial charge in [-0.1, -0.05) is 12.2 Å². The Labute approximate surface area is 65.5 Å². The van der Waals surface area contributed by atoms with Crippen LogP contribution in [0.1, 0.15) is 19.8 Å². The van der Waals surface area contributed by atoms with E-state index in [9.17, 15) is 9.59 Å². The van der Waals surface area contributed by atoms with E-state index in [-0.39, 0.29) is 17.7 Å². The summed E-state index contributed by atoms with van der Waals surface area (Å²) in [6.45, 7) is 5.49.